The Kier molecular flexibility index (Phi) is 4.41. The lowest BCUT2D eigenvalue weighted by Gasteiger charge is -2.22. The van der Waals surface area contributed by atoms with Crippen LogP contribution in [0.2, 0.25) is 0 Å². The van der Waals surface area contributed by atoms with E-state index in [4.69, 9.17) is 5.11 Å². The van der Waals surface area contributed by atoms with Crippen molar-refractivity contribution in [1.29, 1.82) is 0 Å². The van der Waals surface area contributed by atoms with Gasteiger partial charge in [0.25, 0.3) is 0 Å². The van der Waals surface area contributed by atoms with Gasteiger partial charge in [0.15, 0.2) is 0 Å². The highest BCUT2D eigenvalue weighted by atomic mass is 19.3. The van der Waals surface area contributed by atoms with Crippen LogP contribution in [0, 0.1) is 0 Å². The van der Waals surface area contributed by atoms with Gasteiger partial charge in [-0.25, -0.2) is 4.79 Å². The Hall–Kier alpha value is -0.750. The van der Waals surface area contributed by atoms with Gasteiger partial charge in [-0.3, -0.25) is 0 Å². The van der Waals surface area contributed by atoms with Crippen molar-refractivity contribution >= 4 is 5.97 Å². The predicted octanol–water partition coefficient (Wildman–Crippen LogP) is 0.457. The minimum absolute atomic E-state index is 0.0631. The van der Waals surface area contributed by atoms with Crippen LogP contribution < -0.4 is 5.32 Å². The number of hydrogen-bond acceptors (Lipinski definition) is 3. The lowest BCUT2D eigenvalue weighted by molar-refractivity contribution is -0.164. The van der Waals surface area contributed by atoms with Crippen molar-refractivity contribution in [1.82, 2.24) is 5.32 Å². The van der Waals surface area contributed by atoms with Gasteiger partial charge in [-0.2, -0.15) is 8.78 Å². The predicted molar refractivity (Wildman–Crippen MR) is 46.4 cm³/mol. The molecule has 0 radical (unpaired) electrons. The van der Waals surface area contributed by atoms with Crippen LogP contribution in [-0.4, -0.2) is 40.8 Å². The molecule has 0 amide bonds. The number of halogens is 2. The van der Waals surface area contributed by atoms with Gasteiger partial charge in [0.2, 0.25) is 0 Å². The molecule has 0 aliphatic carbocycles. The fourth-order valence-corrected chi connectivity index (χ4v) is 0.689. The summed E-state index contributed by atoms with van der Waals surface area (Å²) >= 11 is 0. The summed E-state index contributed by atoms with van der Waals surface area (Å²) in [4.78, 5) is 9.99. The SMILES string of the molecule is CCC(C)(O)CNCC(F)(F)C(=O)O. The van der Waals surface area contributed by atoms with E-state index in [9.17, 15) is 18.7 Å². The lowest BCUT2D eigenvalue weighted by Crippen LogP contribution is -2.45. The lowest BCUT2D eigenvalue weighted by atomic mass is 10.0. The zero-order valence-electron chi connectivity index (χ0n) is 8.18. The van der Waals surface area contributed by atoms with Crippen molar-refractivity contribution in [2.75, 3.05) is 13.1 Å². The third-order valence-corrected chi connectivity index (χ3v) is 1.93. The molecule has 0 bridgehead atoms. The van der Waals surface area contributed by atoms with Gasteiger partial charge in [-0.15, -0.1) is 0 Å². The first-order chi connectivity index (χ1) is 6.21. The minimum atomic E-state index is -3.79. The van der Waals surface area contributed by atoms with Crippen molar-refractivity contribution in [3.63, 3.8) is 0 Å². The van der Waals surface area contributed by atoms with Gasteiger partial charge in [-0.05, 0) is 13.3 Å². The molecule has 0 aromatic carbocycles. The highest BCUT2D eigenvalue weighted by Crippen LogP contribution is 2.12. The van der Waals surface area contributed by atoms with E-state index in [-0.39, 0.29) is 6.54 Å². The first kappa shape index (κ1) is 13.2. The third-order valence-electron chi connectivity index (χ3n) is 1.93. The van der Waals surface area contributed by atoms with Gasteiger partial charge >= 0.3 is 11.9 Å². The van der Waals surface area contributed by atoms with Crippen LogP contribution >= 0.6 is 0 Å². The molecule has 84 valence electrons. The second-order valence-corrected chi connectivity index (χ2v) is 3.46. The number of hydrogen-bond donors (Lipinski definition) is 3. The van der Waals surface area contributed by atoms with Crippen molar-refractivity contribution in [2.45, 2.75) is 31.8 Å². The van der Waals surface area contributed by atoms with Gasteiger partial charge in [0.05, 0.1) is 12.1 Å². The molecule has 14 heavy (non-hydrogen) atoms. The summed E-state index contributed by atoms with van der Waals surface area (Å²) in [6.45, 7) is 2.15. The van der Waals surface area contributed by atoms with Gasteiger partial charge in [-0.1, -0.05) is 6.92 Å². The maximum absolute atomic E-state index is 12.5. The molecule has 1 unspecified atom stereocenters. The zero-order chi connectivity index (χ0) is 11.4. The van der Waals surface area contributed by atoms with E-state index in [1.807, 2.05) is 0 Å². The van der Waals surface area contributed by atoms with E-state index in [2.05, 4.69) is 5.32 Å². The number of carboxylic acids is 1. The van der Waals surface area contributed by atoms with Crippen LogP contribution in [0.1, 0.15) is 20.3 Å². The molecule has 0 aromatic rings. The topological polar surface area (TPSA) is 69.6 Å². The second kappa shape index (κ2) is 4.65. The maximum atomic E-state index is 12.5. The van der Waals surface area contributed by atoms with E-state index in [0.717, 1.165) is 0 Å². The van der Waals surface area contributed by atoms with Crippen LogP contribution in [0.15, 0.2) is 0 Å². The van der Waals surface area contributed by atoms with E-state index in [0.29, 0.717) is 6.42 Å². The summed E-state index contributed by atoms with van der Waals surface area (Å²) in [5.41, 5.74) is -1.09. The quantitative estimate of drug-likeness (QED) is 0.597. The number of carbonyl (C=O) groups is 1. The molecule has 3 N–H and O–H groups in total. The Morgan fingerprint density at radius 2 is 1.93 bits per heavy atom. The molecule has 0 fully saturated rings. The van der Waals surface area contributed by atoms with Crippen molar-refractivity contribution in [2.24, 2.45) is 0 Å². The molecule has 4 nitrogen and oxygen atoms in total. The Morgan fingerprint density at radius 3 is 2.29 bits per heavy atom. The largest absolute Gasteiger partial charge is 0.477 e. The molecule has 6 heteroatoms. The van der Waals surface area contributed by atoms with E-state index >= 15 is 0 Å². The molecule has 0 aliphatic heterocycles. The summed E-state index contributed by atoms with van der Waals surface area (Å²) in [6.07, 6.45) is 0.401. The van der Waals surface area contributed by atoms with Gasteiger partial charge in [0, 0.05) is 6.54 Å². The third kappa shape index (κ3) is 4.48. The second-order valence-electron chi connectivity index (χ2n) is 3.46. The molecule has 0 saturated carbocycles. The summed E-state index contributed by atoms with van der Waals surface area (Å²) in [5.74, 6) is -5.95. The number of aliphatic carboxylic acids is 1. The minimum Gasteiger partial charge on any atom is -0.477 e. The van der Waals surface area contributed by atoms with Crippen LogP contribution in [0.4, 0.5) is 8.78 Å². The van der Waals surface area contributed by atoms with Crippen LogP contribution in [0.3, 0.4) is 0 Å². The first-order valence-electron chi connectivity index (χ1n) is 4.25. The molecule has 0 saturated heterocycles. The van der Waals surface area contributed by atoms with Gasteiger partial charge in [0.1, 0.15) is 0 Å². The van der Waals surface area contributed by atoms with E-state index in [1.165, 1.54) is 6.92 Å². The highest BCUT2D eigenvalue weighted by Gasteiger charge is 2.38. The molecular weight excluding hydrogens is 196 g/mol. The van der Waals surface area contributed by atoms with E-state index in [1.54, 1.807) is 6.92 Å². The summed E-state index contributed by atoms with van der Waals surface area (Å²) in [7, 11) is 0. The molecule has 0 heterocycles. The van der Waals surface area contributed by atoms with Crippen molar-refractivity contribution in [3.05, 3.63) is 0 Å². The summed E-state index contributed by atoms with van der Waals surface area (Å²) < 4.78 is 25.0. The Morgan fingerprint density at radius 1 is 1.43 bits per heavy atom. The maximum Gasteiger partial charge on any atom is 0.375 e. The Bertz CT molecular complexity index is 207. The van der Waals surface area contributed by atoms with E-state index < -0.39 is 24.0 Å². The fraction of sp³-hybridized carbons (Fsp3) is 0.875. The Balaban J connectivity index is 3.91. The normalized spacial score (nSPS) is 16.4. The summed E-state index contributed by atoms with van der Waals surface area (Å²) in [6, 6.07) is 0. The van der Waals surface area contributed by atoms with Crippen molar-refractivity contribution < 1.29 is 23.8 Å². The molecule has 1 atom stereocenters. The fourth-order valence-electron chi connectivity index (χ4n) is 0.689. The molecule has 0 rings (SSSR count). The highest BCUT2D eigenvalue weighted by molar-refractivity contribution is 5.75. The van der Waals surface area contributed by atoms with Crippen LogP contribution in [0.25, 0.3) is 0 Å². The van der Waals surface area contributed by atoms with Crippen LogP contribution in [0.5, 0.6) is 0 Å². The monoisotopic (exact) mass is 211 g/mol. The molecular formula is C8H15F2NO3. The molecule has 0 spiro atoms. The number of carboxylic acid groups (broad SMARTS) is 1. The standard InChI is InChI=1S/C8H15F2NO3/c1-3-7(2,14)4-11-5-8(9,10)6(12)13/h11,14H,3-5H2,1-2H3,(H,12,13). The average molecular weight is 211 g/mol. The van der Waals surface area contributed by atoms with Crippen molar-refractivity contribution in [3.8, 4) is 0 Å². The number of aliphatic hydroxyl groups is 1. The van der Waals surface area contributed by atoms with Crippen LogP contribution in [-0.2, 0) is 4.79 Å². The number of nitrogens with one attached hydrogen (secondary N) is 1. The zero-order valence-corrected chi connectivity index (χ0v) is 8.18. The smallest absolute Gasteiger partial charge is 0.375 e. The molecule has 0 aliphatic rings. The summed E-state index contributed by atoms with van der Waals surface area (Å²) in [5, 5.41) is 19.7. The number of alkyl halides is 2. The Labute approximate surface area is 80.9 Å². The average Bonchev–Trinajstić information content (AvgIpc) is 2.03. The first-order valence-corrected chi connectivity index (χ1v) is 4.25. The molecule has 0 aromatic heterocycles. The number of rotatable bonds is 6. The van der Waals surface area contributed by atoms with Gasteiger partial charge < -0.3 is 15.5 Å².